The summed E-state index contributed by atoms with van der Waals surface area (Å²) >= 11 is 0. The third kappa shape index (κ3) is 6.08. The van der Waals surface area contributed by atoms with Crippen LogP contribution in [0.15, 0.2) is 24.3 Å². The lowest BCUT2D eigenvalue weighted by atomic mass is 9.93. The molecule has 3 N–H and O–H groups in total. The van der Waals surface area contributed by atoms with E-state index in [2.05, 4.69) is 4.90 Å². The fraction of sp³-hybridized carbons (Fsp3) is 0.588. The van der Waals surface area contributed by atoms with Crippen molar-refractivity contribution in [3.8, 4) is 11.5 Å². The van der Waals surface area contributed by atoms with Crippen LogP contribution >= 0.6 is 0 Å². The Labute approximate surface area is 137 Å². The van der Waals surface area contributed by atoms with Crippen molar-refractivity contribution in [2.45, 2.75) is 25.4 Å². The fourth-order valence-corrected chi connectivity index (χ4v) is 2.87. The number of aliphatic hydroxyl groups excluding tert-OH is 1. The Morgan fingerprint density at radius 3 is 2.48 bits per heavy atom. The number of aliphatic hydroxyl groups is 1. The van der Waals surface area contributed by atoms with Crippen molar-refractivity contribution in [1.29, 1.82) is 0 Å². The Hall–Kier alpha value is -1.79. The maximum absolute atomic E-state index is 10.9. The van der Waals surface area contributed by atoms with Gasteiger partial charge in [-0.05, 0) is 56.1 Å². The maximum Gasteiger partial charge on any atom is 0.217 e. The zero-order valence-electron chi connectivity index (χ0n) is 13.6. The van der Waals surface area contributed by atoms with Gasteiger partial charge in [-0.2, -0.15) is 0 Å². The van der Waals surface area contributed by atoms with Gasteiger partial charge in [-0.15, -0.1) is 0 Å². The van der Waals surface area contributed by atoms with Crippen molar-refractivity contribution in [3.05, 3.63) is 24.3 Å². The van der Waals surface area contributed by atoms with Gasteiger partial charge in [-0.25, -0.2) is 0 Å². The van der Waals surface area contributed by atoms with Gasteiger partial charge >= 0.3 is 0 Å². The summed E-state index contributed by atoms with van der Waals surface area (Å²) < 4.78 is 10.7. The van der Waals surface area contributed by atoms with E-state index >= 15 is 0 Å². The molecule has 2 rings (SSSR count). The molecule has 6 heteroatoms. The normalized spacial score (nSPS) is 17.7. The Balaban J connectivity index is 1.66. The highest BCUT2D eigenvalue weighted by Crippen LogP contribution is 2.20. The molecular formula is C17H26N2O4. The summed E-state index contributed by atoms with van der Waals surface area (Å²) in [5.74, 6) is 1.65. The van der Waals surface area contributed by atoms with Crippen molar-refractivity contribution < 1.29 is 19.4 Å². The van der Waals surface area contributed by atoms with E-state index in [9.17, 15) is 9.90 Å². The van der Waals surface area contributed by atoms with Crippen molar-refractivity contribution >= 4 is 5.91 Å². The van der Waals surface area contributed by atoms with Crippen LogP contribution in [-0.4, -0.2) is 55.4 Å². The van der Waals surface area contributed by atoms with Gasteiger partial charge in [-0.1, -0.05) is 0 Å². The van der Waals surface area contributed by atoms with E-state index in [0.29, 0.717) is 24.6 Å². The number of ether oxygens (including phenoxy) is 2. The quantitative estimate of drug-likeness (QED) is 0.746. The van der Waals surface area contributed by atoms with Crippen LogP contribution in [-0.2, 0) is 4.79 Å². The van der Waals surface area contributed by atoms with Crippen LogP contribution in [0.5, 0.6) is 11.5 Å². The third-order valence-corrected chi connectivity index (χ3v) is 4.17. The monoisotopic (exact) mass is 322 g/mol. The Bertz CT molecular complexity index is 484. The largest absolute Gasteiger partial charge is 0.497 e. The second-order valence-electron chi connectivity index (χ2n) is 6.05. The van der Waals surface area contributed by atoms with Crippen LogP contribution in [0.3, 0.4) is 0 Å². The van der Waals surface area contributed by atoms with Crippen LogP contribution in [0.25, 0.3) is 0 Å². The number of benzene rings is 1. The van der Waals surface area contributed by atoms with E-state index in [-0.39, 0.29) is 12.5 Å². The van der Waals surface area contributed by atoms with E-state index in [4.69, 9.17) is 15.2 Å². The van der Waals surface area contributed by atoms with E-state index in [1.54, 1.807) is 7.11 Å². The molecule has 1 aliphatic heterocycles. The molecule has 0 spiro atoms. The second kappa shape index (κ2) is 8.74. The molecule has 1 aromatic rings. The number of amides is 1. The molecule has 1 unspecified atom stereocenters. The summed E-state index contributed by atoms with van der Waals surface area (Å²) in [6.45, 7) is 2.61. The van der Waals surface area contributed by atoms with E-state index in [1.165, 1.54) is 0 Å². The first kappa shape index (κ1) is 17.6. The summed E-state index contributed by atoms with van der Waals surface area (Å²) in [7, 11) is 1.62. The van der Waals surface area contributed by atoms with Crippen LogP contribution < -0.4 is 15.2 Å². The number of carbonyl (C=O) groups is 1. The van der Waals surface area contributed by atoms with Crippen molar-refractivity contribution in [3.63, 3.8) is 0 Å². The maximum atomic E-state index is 10.9. The minimum absolute atomic E-state index is 0.226. The summed E-state index contributed by atoms with van der Waals surface area (Å²) in [5.41, 5.74) is 5.23. The lowest BCUT2D eigenvalue weighted by Crippen LogP contribution is -2.41. The van der Waals surface area contributed by atoms with Gasteiger partial charge in [-0.3, -0.25) is 4.79 Å². The molecule has 1 aromatic carbocycles. The fourth-order valence-electron chi connectivity index (χ4n) is 2.87. The molecule has 1 saturated heterocycles. The SMILES string of the molecule is COc1ccc(OCC(O)CN2CCC(CC(N)=O)CC2)cc1. The van der Waals surface area contributed by atoms with Gasteiger partial charge in [0.15, 0.2) is 0 Å². The molecule has 23 heavy (non-hydrogen) atoms. The molecule has 1 heterocycles. The first-order valence-electron chi connectivity index (χ1n) is 8.02. The summed E-state index contributed by atoms with van der Waals surface area (Å²) in [6, 6.07) is 7.29. The molecule has 6 nitrogen and oxygen atoms in total. The number of primary amides is 1. The topological polar surface area (TPSA) is 85.0 Å². The lowest BCUT2D eigenvalue weighted by molar-refractivity contribution is -0.119. The zero-order valence-corrected chi connectivity index (χ0v) is 13.6. The Morgan fingerprint density at radius 1 is 1.30 bits per heavy atom. The number of β-amino-alcohol motifs (C(OH)–C–C–N with tert-alkyl or cyclic N) is 1. The molecule has 1 amide bonds. The highest BCUT2D eigenvalue weighted by Gasteiger charge is 2.22. The molecule has 0 bridgehead atoms. The first-order valence-corrected chi connectivity index (χ1v) is 8.02. The molecule has 0 aliphatic carbocycles. The second-order valence-corrected chi connectivity index (χ2v) is 6.05. The molecule has 0 radical (unpaired) electrons. The van der Waals surface area contributed by atoms with Crippen LogP contribution in [0, 0.1) is 5.92 Å². The number of hydrogen-bond acceptors (Lipinski definition) is 5. The average molecular weight is 322 g/mol. The molecule has 0 saturated carbocycles. The molecule has 128 valence electrons. The molecular weight excluding hydrogens is 296 g/mol. The number of hydrogen-bond donors (Lipinski definition) is 2. The van der Waals surface area contributed by atoms with Gasteiger partial charge in [0, 0.05) is 13.0 Å². The highest BCUT2D eigenvalue weighted by atomic mass is 16.5. The van der Waals surface area contributed by atoms with Gasteiger partial charge < -0.3 is 25.2 Å². The smallest absolute Gasteiger partial charge is 0.217 e. The van der Waals surface area contributed by atoms with Crippen LogP contribution in [0.1, 0.15) is 19.3 Å². The molecule has 0 aromatic heterocycles. The molecule has 1 aliphatic rings. The summed E-state index contributed by atoms with van der Waals surface area (Å²) in [5, 5.41) is 10.1. The first-order chi connectivity index (χ1) is 11.1. The van der Waals surface area contributed by atoms with Crippen molar-refractivity contribution in [2.75, 3.05) is 33.4 Å². The highest BCUT2D eigenvalue weighted by molar-refractivity contribution is 5.73. The average Bonchev–Trinajstić information content (AvgIpc) is 2.55. The lowest BCUT2D eigenvalue weighted by Gasteiger charge is -2.32. The third-order valence-electron chi connectivity index (χ3n) is 4.17. The molecule has 1 atom stereocenters. The predicted molar refractivity (Wildman–Crippen MR) is 87.5 cm³/mol. The van der Waals surface area contributed by atoms with Gasteiger partial charge in [0.05, 0.1) is 7.11 Å². The number of methoxy groups -OCH3 is 1. The molecule has 1 fully saturated rings. The number of carbonyl (C=O) groups excluding carboxylic acids is 1. The standard InChI is InChI=1S/C17H26N2O4/c1-22-15-2-4-16(5-3-15)23-12-14(20)11-19-8-6-13(7-9-19)10-17(18)21/h2-5,13-14,20H,6-12H2,1H3,(H2,18,21). The number of nitrogens with zero attached hydrogens (tertiary/aromatic N) is 1. The minimum Gasteiger partial charge on any atom is -0.497 e. The van der Waals surface area contributed by atoms with Crippen molar-refractivity contribution in [2.24, 2.45) is 11.7 Å². The van der Waals surface area contributed by atoms with Crippen molar-refractivity contribution in [1.82, 2.24) is 4.90 Å². The van der Waals surface area contributed by atoms with Gasteiger partial charge in [0.25, 0.3) is 0 Å². The zero-order chi connectivity index (χ0) is 16.7. The number of likely N-dealkylation sites (tertiary alicyclic amines) is 1. The Morgan fingerprint density at radius 2 is 1.91 bits per heavy atom. The van der Waals surface area contributed by atoms with E-state index < -0.39 is 6.10 Å². The summed E-state index contributed by atoms with van der Waals surface area (Å²) in [6.07, 6.45) is 1.84. The number of nitrogens with two attached hydrogens (primary N) is 1. The van der Waals surface area contributed by atoms with Crippen LogP contribution in [0.4, 0.5) is 0 Å². The van der Waals surface area contributed by atoms with E-state index in [0.717, 1.165) is 31.7 Å². The van der Waals surface area contributed by atoms with E-state index in [1.807, 2.05) is 24.3 Å². The number of piperidine rings is 1. The minimum atomic E-state index is -0.537. The summed E-state index contributed by atoms with van der Waals surface area (Å²) in [4.78, 5) is 13.1. The van der Waals surface area contributed by atoms with Gasteiger partial charge in [0.1, 0.15) is 24.2 Å². The van der Waals surface area contributed by atoms with Gasteiger partial charge in [0.2, 0.25) is 5.91 Å². The predicted octanol–water partition coefficient (Wildman–Crippen LogP) is 1.02. The van der Waals surface area contributed by atoms with Crippen LogP contribution in [0.2, 0.25) is 0 Å². The number of rotatable bonds is 8. The Kier molecular flexibility index (Phi) is 6.67.